The van der Waals surface area contributed by atoms with Gasteiger partial charge in [-0.3, -0.25) is 0 Å². The smallest absolute Gasteiger partial charge is 0.334 e. The fourth-order valence-electron chi connectivity index (χ4n) is 2.49. The topological polar surface area (TPSA) is 32.3 Å². The number of nitrogens with zero attached hydrogens (tertiary/aromatic N) is 1. The first-order valence-corrected chi connectivity index (χ1v) is 8.24. The van der Waals surface area contributed by atoms with E-state index in [4.69, 9.17) is 0 Å². The molecular weight excluding hydrogens is 341 g/mol. The highest BCUT2D eigenvalue weighted by Crippen LogP contribution is 2.29. The fraction of sp³-hybridized carbons (Fsp3) is 0.250. The molecule has 0 aliphatic rings. The lowest BCUT2D eigenvalue weighted by molar-refractivity contribution is -0.137. The SMILES string of the molecule is C=CCN(CCc1ccccc1)C(=O)NCc1cccc(C(F)(F)F)c1. The van der Waals surface area contributed by atoms with E-state index in [1.165, 1.54) is 6.07 Å². The van der Waals surface area contributed by atoms with E-state index >= 15 is 0 Å². The summed E-state index contributed by atoms with van der Waals surface area (Å²) >= 11 is 0. The van der Waals surface area contributed by atoms with E-state index in [-0.39, 0.29) is 12.6 Å². The third-order valence-electron chi connectivity index (χ3n) is 3.85. The molecule has 1 N–H and O–H groups in total. The Morgan fingerprint density at radius 1 is 1.08 bits per heavy atom. The molecule has 2 rings (SSSR count). The second-order valence-corrected chi connectivity index (χ2v) is 5.83. The van der Waals surface area contributed by atoms with Crippen LogP contribution in [-0.4, -0.2) is 24.0 Å². The summed E-state index contributed by atoms with van der Waals surface area (Å²) in [4.78, 5) is 13.9. The average molecular weight is 362 g/mol. The van der Waals surface area contributed by atoms with Gasteiger partial charge in [-0.25, -0.2) is 4.79 Å². The van der Waals surface area contributed by atoms with E-state index in [0.29, 0.717) is 25.1 Å². The molecule has 0 radical (unpaired) electrons. The first kappa shape index (κ1) is 19.6. The van der Waals surface area contributed by atoms with Gasteiger partial charge in [0.1, 0.15) is 0 Å². The van der Waals surface area contributed by atoms with Crippen LogP contribution in [0.4, 0.5) is 18.0 Å². The highest BCUT2D eigenvalue weighted by Gasteiger charge is 2.30. The lowest BCUT2D eigenvalue weighted by atomic mass is 10.1. The number of benzene rings is 2. The monoisotopic (exact) mass is 362 g/mol. The Labute approximate surface area is 151 Å². The third-order valence-corrected chi connectivity index (χ3v) is 3.85. The maximum absolute atomic E-state index is 12.8. The number of rotatable bonds is 7. The van der Waals surface area contributed by atoms with E-state index in [1.54, 1.807) is 17.0 Å². The summed E-state index contributed by atoms with van der Waals surface area (Å²) in [7, 11) is 0. The number of nitrogens with one attached hydrogen (secondary N) is 1. The van der Waals surface area contributed by atoms with Crippen molar-refractivity contribution in [1.29, 1.82) is 0 Å². The number of hydrogen-bond donors (Lipinski definition) is 1. The van der Waals surface area contributed by atoms with Crippen molar-refractivity contribution >= 4 is 6.03 Å². The molecule has 0 saturated heterocycles. The third kappa shape index (κ3) is 5.95. The van der Waals surface area contributed by atoms with Crippen molar-refractivity contribution in [2.45, 2.75) is 19.1 Å². The maximum Gasteiger partial charge on any atom is 0.416 e. The van der Waals surface area contributed by atoms with E-state index in [1.807, 2.05) is 30.3 Å². The van der Waals surface area contributed by atoms with Gasteiger partial charge in [0.2, 0.25) is 0 Å². The summed E-state index contributed by atoms with van der Waals surface area (Å²) in [6, 6.07) is 14.3. The fourth-order valence-corrected chi connectivity index (χ4v) is 2.49. The number of urea groups is 1. The molecule has 0 aliphatic heterocycles. The largest absolute Gasteiger partial charge is 0.416 e. The van der Waals surface area contributed by atoms with Crippen LogP contribution in [-0.2, 0) is 19.1 Å². The van der Waals surface area contributed by atoms with Crippen molar-refractivity contribution in [2.24, 2.45) is 0 Å². The van der Waals surface area contributed by atoms with Crippen LogP contribution in [0.1, 0.15) is 16.7 Å². The molecule has 3 nitrogen and oxygen atoms in total. The Morgan fingerprint density at radius 2 is 1.77 bits per heavy atom. The summed E-state index contributed by atoms with van der Waals surface area (Å²) in [5.41, 5.74) is 0.776. The molecule has 0 spiro atoms. The number of hydrogen-bond acceptors (Lipinski definition) is 1. The zero-order valence-corrected chi connectivity index (χ0v) is 14.3. The predicted molar refractivity (Wildman–Crippen MR) is 95.6 cm³/mol. The van der Waals surface area contributed by atoms with E-state index in [2.05, 4.69) is 11.9 Å². The molecule has 138 valence electrons. The first-order chi connectivity index (χ1) is 12.4. The van der Waals surface area contributed by atoms with Crippen molar-refractivity contribution in [3.05, 3.63) is 83.9 Å². The van der Waals surface area contributed by atoms with Crippen LogP contribution < -0.4 is 5.32 Å². The molecule has 2 amide bonds. The van der Waals surface area contributed by atoms with Gasteiger partial charge in [-0.1, -0.05) is 48.5 Å². The van der Waals surface area contributed by atoms with Crippen molar-refractivity contribution in [3.63, 3.8) is 0 Å². The second kappa shape index (κ2) is 9.08. The summed E-state index contributed by atoms with van der Waals surface area (Å²) < 4.78 is 38.3. The molecular formula is C20H21F3N2O. The molecule has 2 aromatic carbocycles. The minimum absolute atomic E-state index is 0.0295. The Bertz CT molecular complexity index is 729. The summed E-state index contributed by atoms with van der Waals surface area (Å²) in [5, 5.41) is 2.67. The number of carbonyl (C=O) groups excluding carboxylic acids is 1. The first-order valence-electron chi connectivity index (χ1n) is 8.24. The van der Waals surface area contributed by atoms with Crippen LogP contribution in [0.3, 0.4) is 0 Å². The molecule has 2 aromatic rings. The van der Waals surface area contributed by atoms with Crippen LogP contribution in [0.5, 0.6) is 0 Å². The van der Waals surface area contributed by atoms with Gasteiger partial charge >= 0.3 is 12.2 Å². The number of carbonyl (C=O) groups is 1. The number of alkyl halides is 3. The maximum atomic E-state index is 12.8. The standard InChI is InChI=1S/C20H21F3N2O/c1-2-12-25(13-11-16-7-4-3-5-8-16)19(26)24-15-17-9-6-10-18(14-17)20(21,22)23/h2-10,14H,1,11-13,15H2,(H,24,26). The Kier molecular flexibility index (Phi) is 6.83. The lowest BCUT2D eigenvalue weighted by Gasteiger charge is -2.22. The second-order valence-electron chi connectivity index (χ2n) is 5.83. The Morgan fingerprint density at radius 3 is 2.42 bits per heavy atom. The molecule has 0 fully saturated rings. The van der Waals surface area contributed by atoms with Crippen LogP contribution >= 0.6 is 0 Å². The molecule has 6 heteroatoms. The highest BCUT2D eigenvalue weighted by atomic mass is 19.4. The number of amides is 2. The lowest BCUT2D eigenvalue weighted by Crippen LogP contribution is -2.40. The van der Waals surface area contributed by atoms with Crippen LogP contribution in [0.2, 0.25) is 0 Å². The van der Waals surface area contributed by atoms with Gasteiger partial charge in [0, 0.05) is 19.6 Å². The van der Waals surface area contributed by atoms with Crippen molar-refractivity contribution in [1.82, 2.24) is 10.2 Å². The molecule has 0 aromatic heterocycles. The molecule has 0 heterocycles. The van der Waals surface area contributed by atoms with Crippen LogP contribution in [0.25, 0.3) is 0 Å². The van der Waals surface area contributed by atoms with Gasteiger partial charge in [-0.2, -0.15) is 13.2 Å². The minimum Gasteiger partial charge on any atom is -0.334 e. The summed E-state index contributed by atoms with van der Waals surface area (Å²) in [6.07, 6.45) is -2.09. The molecule has 0 bridgehead atoms. The zero-order valence-electron chi connectivity index (χ0n) is 14.3. The highest BCUT2D eigenvalue weighted by molar-refractivity contribution is 5.74. The van der Waals surface area contributed by atoms with Crippen molar-refractivity contribution < 1.29 is 18.0 Å². The van der Waals surface area contributed by atoms with Gasteiger partial charge in [-0.05, 0) is 29.7 Å². The normalized spacial score (nSPS) is 11.0. The van der Waals surface area contributed by atoms with E-state index < -0.39 is 11.7 Å². The number of halogens is 3. The van der Waals surface area contributed by atoms with Crippen molar-refractivity contribution in [2.75, 3.05) is 13.1 Å². The Hall–Kier alpha value is -2.76. The van der Waals surface area contributed by atoms with Crippen molar-refractivity contribution in [3.8, 4) is 0 Å². The van der Waals surface area contributed by atoms with Gasteiger partial charge in [-0.15, -0.1) is 6.58 Å². The summed E-state index contributed by atoms with van der Waals surface area (Å²) in [5.74, 6) is 0. The summed E-state index contributed by atoms with van der Waals surface area (Å²) in [6.45, 7) is 4.53. The quantitative estimate of drug-likeness (QED) is 0.715. The molecule has 0 aliphatic carbocycles. The molecule has 26 heavy (non-hydrogen) atoms. The zero-order chi connectivity index (χ0) is 19.0. The van der Waals surface area contributed by atoms with Crippen LogP contribution in [0.15, 0.2) is 67.3 Å². The molecule has 0 atom stereocenters. The van der Waals surface area contributed by atoms with Gasteiger partial charge in [0.15, 0.2) is 0 Å². The van der Waals surface area contributed by atoms with E-state index in [0.717, 1.165) is 17.7 Å². The molecule has 0 saturated carbocycles. The Balaban J connectivity index is 1.94. The molecule has 0 unspecified atom stereocenters. The van der Waals surface area contributed by atoms with Crippen LogP contribution in [0, 0.1) is 0 Å². The van der Waals surface area contributed by atoms with Gasteiger partial charge in [0.05, 0.1) is 5.56 Å². The average Bonchev–Trinajstić information content (AvgIpc) is 2.63. The van der Waals surface area contributed by atoms with Gasteiger partial charge < -0.3 is 10.2 Å². The van der Waals surface area contributed by atoms with Gasteiger partial charge in [0.25, 0.3) is 0 Å². The minimum atomic E-state index is -4.40. The van der Waals surface area contributed by atoms with E-state index in [9.17, 15) is 18.0 Å². The predicted octanol–water partition coefficient (Wildman–Crippen LogP) is 4.65.